The van der Waals surface area contributed by atoms with Gasteiger partial charge in [-0.15, -0.1) is 4.99 Å². The lowest BCUT2D eigenvalue weighted by Crippen LogP contribution is -2.40. The Bertz CT molecular complexity index is 2570. The van der Waals surface area contributed by atoms with E-state index in [1.165, 1.54) is 71.7 Å². The van der Waals surface area contributed by atoms with Crippen molar-refractivity contribution in [2.24, 2.45) is 21.6 Å². The molecule has 0 spiro atoms. The van der Waals surface area contributed by atoms with Gasteiger partial charge in [0.1, 0.15) is 34.3 Å². The number of nitrogens with one attached hydrogen (secondary N) is 2. The minimum absolute atomic E-state index is 0. The second-order valence-electron chi connectivity index (χ2n) is 24.9. The summed E-state index contributed by atoms with van der Waals surface area (Å²) in [5.74, 6) is 1.08. The number of nitrogens with two attached hydrogens (primary N) is 1. The maximum Gasteiger partial charge on any atom is 0.437 e. The normalized spacial score (nSPS) is 13.1. The number of rotatable bonds is 24. The molecule has 0 aromatic carbocycles. The Hall–Kier alpha value is -6.44. The number of nitriles is 1. The molecule has 2 unspecified atom stereocenters. The summed E-state index contributed by atoms with van der Waals surface area (Å²) < 4.78 is 31.6. The van der Waals surface area contributed by atoms with E-state index in [4.69, 9.17) is 34.7 Å². The minimum Gasteiger partial charge on any atom is -0.469 e. The highest BCUT2D eigenvalue weighted by Crippen LogP contribution is 2.20. The number of amides is 4. The summed E-state index contributed by atoms with van der Waals surface area (Å²) in [6, 6.07) is 2.85. The SMILES string of the molecule is CC#N.CC(C)(C)OC(=O)N=C(NC(=O)OC(C)(C)C)n1cccn1.COC(=O)C(CSC/C=C(\C)CC/C=C(\C)CCC=C(C)C)CC(=NC(=O)OC(C)(C)C)NC(=O)OC(C)(C)C.COC(=O)C(N)CSC/C=C(\C)CC/C=C(\C)CCC=C(C)C.[HH].[HH]. The van der Waals surface area contributed by atoms with E-state index in [0.29, 0.717) is 11.5 Å². The van der Waals surface area contributed by atoms with Crippen molar-refractivity contribution in [2.45, 2.75) is 232 Å². The summed E-state index contributed by atoms with van der Waals surface area (Å²) in [4.78, 5) is 79.7. The van der Waals surface area contributed by atoms with Crippen molar-refractivity contribution in [2.75, 3.05) is 37.2 Å². The van der Waals surface area contributed by atoms with Crippen molar-refractivity contribution in [3.63, 3.8) is 0 Å². The Morgan fingerprint density at radius 2 is 0.966 bits per heavy atom. The zero-order valence-electron chi connectivity index (χ0n) is 57.6. The quantitative estimate of drug-likeness (QED) is 0.0217. The van der Waals surface area contributed by atoms with Gasteiger partial charge in [0, 0.05) is 51.6 Å². The Morgan fingerprint density at radius 1 is 0.591 bits per heavy atom. The average molecular weight is 1280 g/mol. The summed E-state index contributed by atoms with van der Waals surface area (Å²) in [5.41, 5.74) is 11.1. The molecule has 1 rings (SSSR count). The number of hydrogen-bond acceptors (Lipinski definition) is 17. The van der Waals surface area contributed by atoms with Crippen LogP contribution in [0.5, 0.6) is 0 Å². The van der Waals surface area contributed by atoms with Crippen LogP contribution < -0.4 is 16.4 Å². The molecule has 0 aliphatic rings. The number of methoxy groups -OCH3 is 2. The number of carbonyl (C=O) groups is 6. The fraction of sp³-hybridized carbons (Fsp3) is 0.636. The molecule has 4 amide bonds. The third-order valence-electron chi connectivity index (χ3n) is 10.6. The van der Waals surface area contributed by atoms with E-state index in [2.05, 4.69) is 122 Å². The molecule has 0 bridgehead atoms. The number of allylic oxidation sites excluding steroid dienone is 10. The summed E-state index contributed by atoms with van der Waals surface area (Å²) in [6.45, 7) is 39.3. The molecule has 0 saturated carbocycles. The van der Waals surface area contributed by atoms with Gasteiger partial charge in [-0.2, -0.15) is 38.9 Å². The maximum absolute atomic E-state index is 12.5. The number of nitrogens with zero attached hydrogens (tertiary/aromatic N) is 5. The highest BCUT2D eigenvalue weighted by Gasteiger charge is 2.27. The van der Waals surface area contributed by atoms with Crippen LogP contribution in [-0.4, -0.2) is 124 Å². The van der Waals surface area contributed by atoms with Gasteiger partial charge < -0.3 is 34.2 Å². The van der Waals surface area contributed by atoms with Gasteiger partial charge in [0.25, 0.3) is 0 Å². The first kappa shape index (κ1) is 85.8. The predicted octanol–water partition coefficient (Wildman–Crippen LogP) is 16.4. The highest BCUT2D eigenvalue weighted by atomic mass is 32.2. The van der Waals surface area contributed by atoms with E-state index in [0.717, 1.165) is 62.9 Å². The molecule has 4 N–H and O–H groups in total. The summed E-state index contributed by atoms with van der Waals surface area (Å²) in [5, 5.41) is 16.1. The van der Waals surface area contributed by atoms with Crippen LogP contribution >= 0.6 is 23.5 Å². The molecule has 0 radical (unpaired) electrons. The predicted molar refractivity (Wildman–Crippen MR) is 365 cm³/mol. The van der Waals surface area contributed by atoms with E-state index < -0.39 is 64.7 Å². The Morgan fingerprint density at radius 3 is 1.34 bits per heavy atom. The number of aromatic nitrogens is 2. The van der Waals surface area contributed by atoms with Crippen LogP contribution in [0.25, 0.3) is 0 Å². The number of alkyl carbamates (subject to hydrolysis) is 2. The van der Waals surface area contributed by atoms with E-state index in [1.54, 1.807) is 119 Å². The second-order valence-corrected chi connectivity index (χ2v) is 27.1. The van der Waals surface area contributed by atoms with E-state index in [-0.39, 0.29) is 27.0 Å². The monoisotopic (exact) mass is 1270 g/mol. The number of amidine groups is 1. The summed E-state index contributed by atoms with van der Waals surface area (Å²) in [7, 11) is 2.68. The maximum atomic E-state index is 12.5. The molecule has 0 saturated heterocycles. The van der Waals surface area contributed by atoms with Crippen molar-refractivity contribution < 1.29 is 60.0 Å². The smallest absolute Gasteiger partial charge is 0.437 e. The lowest BCUT2D eigenvalue weighted by atomic mass is 10.1. The van der Waals surface area contributed by atoms with Gasteiger partial charge in [-0.1, -0.05) is 69.9 Å². The first-order chi connectivity index (χ1) is 40.7. The third kappa shape index (κ3) is 54.9. The molecular formula is C66H114N8O12S2. The molecule has 88 heavy (non-hydrogen) atoms. The van der Waals surface area contributed by atoms with Gasteiger partial charge in [0.05, 0.1) is 26.2 Å². The first-order valence-electron chi connectivity index (χ1n) is 29.5. The Balaban J connectivity index is -0.000000412. The molecule has 0 fully saturated rings. The van der Waals surface area contributed by atoms with Gasteiger partial charge in [0.2, 0.25) is 5.96 Å². The van der Waals surface area contributed by atoms with Crippen LogP contribution in [0, 0.1) is 17.2 Å². The fourth-order valence-corrected chi connectivity index (χ4v) is 8.56. The van der Waals surface area contributed by atoms with Gasteiger partial charge in [0.15, 0.2) is 0 Å². The van der Waals surface area contributed by atoms with E-state index in [1.807, 2.05) is 0 Å². The molecule has 0 aliphatic carbocycles. The zero-order valence-corrected chi connectivity index (χ0v) is 59.2. The molecular weight excluding hydrogens is 1160 g/mol. The molecule has 1 aromatic rings. The Labute approximate surface area is 539 Å². The molecule has 1 aromatic heterocycles. The van der Waals surface area contributed by atoms with Crippen LogP contribution in [0.1, 0.15) is 206 Å². The second kappa shape index (κ2) is 46.6. The lowest BCUT2D eigenvalue weighted by molar-refractivity contribution is -0.144. The standard InChI is InChI=1S/C31H52N2O6S.C19H33NO2S.C14H22N4O4.C2H3N.2H2/c1-22(2)14-12-15-23(3)16-13-17-24(4)18-19-40-21-25(27(34)37-11)20-26(32-28(35)38-30(5,6)7)33-29(36)39-31(8,9)10;1-15(2)8-6-9-16(3)10-7-11-17(4)12-13-23-14-18(20)19(21)22-5;1-13(2,3)21-11(19)16-10(18-9-7-8-15-18)17-12(20)22-14(4,5)6;1-2-3;;/h14,16,18,25H,12-13,15,17,19-21H2,1-11H3,(H,32,33,35,36);8,10,12,18H,6-7,9,11,13-14,20H2,1-5H3;7-9H,1-6H3,(H,16,17,19,20);1H3;2*1H/b23-16+,24-18+;16-10+,17-12+;;;;. The average Bonchev–Trinajstić information content (AvgIpc) is 4.09. The fourth-order valence-electron chi connectivity index (χ4n) is 6.55. The van der Waals surface area contributed by atoms with Crippen LogP contribution in [0.3, 0.4) is 0 Å². The number of aliphatic imine (C=N–C) groups is 2. The van der Waals surface area contributed by atoms with E-state index >= 15 is 0 Å². The third-order valence-corrected chi connectivity index (χ3v) is 12.7. The number of esters is 2. The zero-order chi connectivity index (χ0) is 68.3. The van der Waals surface area contributed by atoms with Crippen LogP contribution in [0.4, 0.5) is 19.2 Å². The number of ether oxygens (including phenoxy) is 6. The van der Waals surface area contributed by atoms with Crippen molar-refractivity contribution >= 4 is 71.6 Å². The topological polar surface area (TPSA) is 274 Å². The van der Waals surface area contributed by atoms with Crippen molar-refractivity contribution in [3.05, 3.63) is 88.4 Å². The van der Waals surface area contributed by atoms with Gasteiger partial charge >= 0.3 is 36.3 Å². The molecule has 502 valence electrons. The van der Waals surface area contributed by atoms with Crippen LogP contribution in [-0.2, 0) is 38.0 Å². The van der Waals surface area contributed by atoms with Crippen molar-refractivity contribution in [1.82, 2.24) is 20.4 Å². The first-order valence-corrected chi connectivity index (χ1v) is 31.9. The number of carbonyl (C=O) groups excluding carboxylic acids is 6. The van der Waals surface area contributed by atoms with Crippen molar-refractivity contribution in [1.29, 1.82) is 5.26 Å². The molecule has 1 heterocycles. The Kier molecular flexibility index (Phi) is 45.5. The van der Waals surface area contributed by atoms with Gasteiger partial charge in [-0.25, -0.2) is 23.9 Å². The molecule has 22 heteroatoms. The number of hydrogen-bond donors (Lipinski definition) is 3. The summed E-state index contributed by atoms with van der Waals surface area (Å²) in [6.07, 6.45) is 22.0. The number of thioether (sulfide) groups is 2. The molecule has 0 aliphatic heterocycles. The highest BCUT2D eigenvalue weighted by molar-refractivity contribution is 7.99. The lowest BCUT2D eigenvalue weighted by Gasteiger charge is -2.22. The minimum atomic E-state index is -0.866. The van der Waals surface area contributed by atoms with Crippen molar-refractivity contribution in [3.8, 4) is 6.07 Å². The van der Waals surface area contributed by atoms with Gasteiger partial charge in [-0.3, -0.25) is 20.2 Å². The van der Waals surface area contributed by atoms with Gasteiger partial charge in [-0.05, 0) is 196 Å². The largest absolute Gasteiger partial charge is 0.469 e. The van der Waals surface area contributed by atoms with E-state index in [9.17, 15) is 28.8 Å². The van der Waals surface area contributed by atoms with Crippen LogP contribution in [0.15, 0.2) is 98.3 Å². The summed E-state index contributed by atoms with van der Waals surface area (Å²) >= 11 is 3.24. The molecule has 2 atom stereocenters. The molecule has 20 nitrogen and oxygen atoms in total. The van der Waals surface area contributed by atoms with Crippen LogP contribution in [0.2, 0.25) is 0 Å².